The van der Waals surface area contributed by atoms with Gasteiger partial charge in [-0.1, -0.05) is 38.7 Å². The van der Waals surface area contributed by atoms with Gasteiger partial charge in [-0.05, 0) is 37.0 Å². The van der Waals surface area contributed by atoms with Gasteiger partial charge >= 0.3 is 0 Å². The Morgan fingerprint density at radius 1 is 1.19 bits per heavy atom. The van der Waals surface area contributed by atoms with Gasteiger partial charge in [0.1, 0.15) is 5.82 Å². The van der Waals surface area contributed by atoms with Crippen LogP contribution in [0.5, 0.6) is 0 Å². The molecule has 0 radical (unpaired) electrons. The van der Waals surface area contributed by atoms with E-state index in [0.717, 1.165) is 25.1 Å². The van der Waals surface area contributed by atoms with Gasteiger partial charge < -0.3 is 10.1 Å². The van der Waals surface area contributed by atoms with Crippen LogP contribution in [0, 0.1) is 5.82 Å². The van der Waals surface area contributed by atoms with E-state index in [1.165, 1.54) is 38.5 Å². The Labute approximate surface area is 128 Å². The summed E-state index contributed by atoms with van der Waals surface area (Å²) in [6, 6.07) is 6.03. The maximum atomic E-state index is 13.8. The first kappa shape index (κ1) is 16.4. The molecule has 0 atom stereocenters. The lowest BCUT2D eigenvalue weighted by atomic mass is 10.1. The van der Waals surface area contributed by atoms with Crippen molar-refractivity contribution in [2.45, 2.75) is 71.1 Å². The molecule has 0 saturated heterocycles. The van der Waals surface area contributed by atoms with Crippen LogP contribution in [0.25, 0.3) is 0 Å². The molecule has 1 aliphatic rings. The van der Waals surface area contributed by atoms with Gasteiger partial charge in [0, 0.05) is 24.8 Å². The monoisotopic (exact) mass is 293 g/mol. The summed E-state index contributed by atoms with van der Waals surface area (Å²) in [5.41, 5.74) is 1.82. The van der Waals surface area contributed by atoms with Crippen LogP contribution in [0.1, 0.15) is 63.0 Å². The Bertz CT molecular complexity index is 418. The van der Waals surface area contributed by atoms with Crippen molar-refractivity contribution in [3.63, 3.8) is 0 Å². The van der Waals surface area contributed by atoms with Crippen LogP contribution in [-0.4, -0.2) is 12.6 Å². The summed E-state index contributed by atoms with van der Waals surface area (Å²) < 4.78 is 19.4. The molecule has 0 bridgehead atoms. The molecule has 1 aromatic rings. The van der Waals surface area contributed by atoms with E-state index in [4.69, 9.17) is 4.74 Å². The molecule has 1 aromatic carbocycles. The van der Waals surface area contributed by atoms with Gasteiger partial charge in [0.25, 0.3) is 0 Å². The van der Waals surface area contributed by atoms with Crippen LogP contribution in [0.2, 0.25) is 0 Å². The summed E-state index contributed by atoms with van der Waals surface area (Å²) >= 11 is 0. The van der Waals surface area contributed by atoms with Crippen molar-refractivity contribution < 1.29 is 9.13 Å². The number of rotatable bonds is 11. The summed E-state index contributed by atoms with van der Waals surface area (Å²) in [6.07, 6.45) is 8.66. The number of ether oxygens (including phenoxy) is 1. The zero-order valence-corrected chi connectivity index (χ0v) is 13.2. The van der Waals surface area contributed by atoms with Crippen molar-refractivity contribution in [3.05, 3.63) is 35.1 Å². The van der Waals surface area contributed by atoms with Crippen molar-refractivity contribution in [2.75, 3.05) is 6.61 Å². The SMILES string of the molecule is CCCCCCCOCc1cc(CNC2CC2)ccc1F. The Morgan fingerprint density at radius 2 is 2.00 bits per heavy atom. The molecule has 118 valence electrons. The summed E-state index contributed by atoms with van der Waals surface area (Å²) in [4.78, 5) is 0. The van der Waals surface area contributed by atoms with E-state index in [0.29, 0.717) is 18.2 Å². The number of nitrogens with one attached hydrogen (secondary N) is 1. The average Bonchev–Trinajstić information content (AvgIpc) is 3.31. The lowest BCUT2D eigenvalue weighted by Gasteiger charge is -2.09. The smallest absolute Gasteiger partial charge is 0.128 e. The summed E-state index contributed by atoms with van der Waals surface area (Å²) in [6.45, 7) is 4.16. The molecule has 1 saturated carbocycles. The minimum absolute atomic E-state index is 0.156. The highest BCUT2D eigenvalue weighted by atomic mass is 19.1. The van der Waals surface area contributed by atoms with Crippen LogP contribution < -0.4 is 5.32 Å². The minimum Gasteiger partial charge on any atom is -0.377 e. The maximum Gasteiger partial charge on any atom is 0.128 e. The third-order valence-corrected chi connectivity index (χ3v) is 3.93. The molecule has 21 heavy (non-hydrogen) atoms. The number of benzene rings is 1. The van der Waals surface area contributed by atoms with Crippen molar-refractivity contribution in [1.82, 2.24) is 5.32 Å². The molecular weight excluding hydrogens is 265 g/mol. The minimum atomic E-state index is -0.156. The highest BCUT2D eigenvalue weighted by Crippen LogP contribution is 2.20. The number of hydrogen-bond acceptors (Lipinski definition) is 2. The van der Waals surface area contributed by atoms with E-state index in [2.05, 4.69) is 12.2 Å². The van der Waals surface area contributed by atoms with Gasteiger partial charge in [-0.2, -0.15) is 0 Å². The number of halogens is 1. The molecule has 0 spiro atoms. The van der Waals surface area contributed by atoms with Gasteiger partial charge in [-0.25, -0.2) is 4.39 Å². The lowest BCUT2D eigenvalue weighted by molar-refractivity contribution is 0.114. The van der Waals surface area contributed by atoms with Crippen LogP contribution in [0.15, 0.2) is 18.2 Å². The quantitative estimate of drug-likeness (QED) is 0.604. The lowest BCUT2D eigenvalue weighted by Crippen LogP contribution is -2.15. The third-order valence-electron chi connectivity index (χ3n) is 3.93. The van der Waals surface area contributed by atoms with Crippen molar-refractivity contribution >= 4 is 0 Å². The topological polar surface area (TPSA) is 21.3 Å². The molecule has 0 aromatic heterocycles. The molecule has 1 fully saturated rings. The fourth-order valence-corrected chi connectivity index (χ4v) is 2.39. The van der Waals surface area contributed by atoms with Gasteiger partial charge in [-0.15, -0.1) is 0 Å². The van der Waals surface area contributed by atoms with Crippen LogP contribution >= 0.6 is 0 Å². The summed E-state index contributed by atoms with van der Waals surface area (Å²) in [7, 11) is 0. The highest BCUT2D eigenvalue weighted by molar-refractivity contribution is 5.24. The highest BCUT2D eigenvalue weighted by Gasteiger charge is 2.20. The molecule has 0 heterocycles. The standard InChI is InChI=1S/C18H28FNO/c1-2-3-4-5-6-11-21-14-16-12-15(7-10-18(16)19)13-20-17-8-9-17/h7,10,12,17,20H,2-6,8-9,11,13-14H2,1H3. The maximum absolute atomic E-state index is 13.8. The molecule has 3 heteroatoms. The first-order valence-electron chi connectivity index (χ1n) is 8.38. The Morgan fingerprint density at radius 3 is 2.76 bits per heavy atom. The summed E-state index contributed by atoms with van der Waals surface area (Å²) in [5.74, 6) is -0.156. The molecule has 2 rings (SSSR count). The second-order valence-corrected chi connectivity index (χ2v) is 6.05. The Balaban J connectivity index is 1.67. The summed E-state index contributed by atoms with van der Waals surface area (Å²) in [5, 5.41) is 3.45. The molecule has 2 nitrogen and oxygen atoms in total. The number of unbranched alkanes of at least 4 members (excludes halogenated alkanes) is 4. The fraction of sp³-hybridized carbons (Fsp3) is 0.667. The van der Waals surface area contributed by atoms with Gasteiger partial charge in [0.15, 0.2) is 0 Å². The molecule has 0 aliphatic heterocycles. The second kappa shape index (κ2) is 9.16. The predicted molar refractivity (Wildman–Crippen MR) is 84.7 cm³/mol. The van der Waals surface area contributed by atoms with Crippen molar-refractivity contribution in [1.29, 1.82) is 0 Å². The van der Waals surface area contributed by atoms with Gasteiger partial charge in [-0.3, -0.25) is 0 Å². The van der Waals surface area contributed by atoms with E-state index in [9.17, 15) is 4.39 Å². The fourth-order valence-electron chi connectivity index (χ4n) is 2.39. The van der Waals surface area contributed by atoms with E-state index in [1.807, 2.05) is 12.1 Å². The zero-order chi connectivity index (χ0) is 14.9. The van der Waals surface area contributed by atoms with Crippen LogP contribution in [-0.2, 0) is 17.9 Å². The van der Waals surface area contributed by atoms with Gasteiger partial charge in [0.05, 0.1) is 6.61 Å². The van der Waals surface area contributed by atoms with E-state index in [-0.39, 0.29) is 5.82 Å². The Kier molecular flexibility index (Phi) is 7.17. The van der Waals surface area contributed by atoms with Crippen molar-refractivity contribution in [3.8, 4) is 0 Å². The zero-order valence-electron chi connectivity index (χ0n) is 13.2. The number of hydrogen-bond donors (Lipinski definition) is 1. The van der Waals surface area contributed by atoms with Crippen LogP contribution in [0.3, 0.4) is 0 Å². The first-order chi connectivity index (χ1) is 10.3. The molecule has 0 unspecified atom stereocenters. The largest absolute Gasteiger partial charge is 0.377 e. The van der Waals surface area contributed by atoms with E-state index < -0.39 is 0 Å². The van der Waals surface area contributed by atoms with E-state index >= 15 is 0 Å². The third kappa shape index (κ3) is 6.58. The van der Waals surface area contributed by atoms with Crippen molar-refractivity contribution in [2.24, 2.45) is 0 Å². The molecular formula is C18H28FNO. The second-order valence-electron chi connectivity index (χ2n) is 6.05. The molecule has 0 amide bonds. The molecule has 1 aliphatic carbocycles. The van der Waals surface area contributed by atoms with E-state index in [1.54, 1.807) is 6.07 Å². The van der Waals surface area contributed by atoms with Gasteiger partial charge in [0.2, 0.25) is 0 Å². The normalized spacial score (nSPS) is 14.6. The predicted octanol–water partition coefficient (Wildman–Crippen LogP) is 4.56. The Hall–Kier alpha value is -0.930. The van der Waals surface area contributed by atoms with Crippen LogP contribution in [0.4, 0.5) is 4.39 Å². The molecule has 1 N–H and O–H groups in total. The first-order valence-corrected chi connectivity index (χ1v) is 8.38. The average molecular weight is 293 g/mol.